The Bertz CT molecular complexity index is 739. The Labute approximate surface area is 137 Å². The Morgan fingerprint density at radius 3 is 2.08 bits per heavy atom. The first-order valence-corrected chi connectivity index (χ1v) is 6.91. The summed E-state index contributed by atoms with van der Waals surface area (Å²) in [5, 5.41) is 11.7. The van der Waals surface area contributed by atoms with Crippen LogP contribution < -0.4 is 14.8 Å². The lowest BCUT2D eigenvalue weighted by Crippen LogP contribution is -2.48. The fourth-order valence-electron chi connectivity index (χ4n) is 2.29. The van der Waals surface area contributed by atoms with Gasteiger partial charge in [-0.1, -0.05) is 18.2 Å². The molecule has 0 amide bonds. The van der Waals surface area contributed by atoms with Gasteiger partial charge in [0, 0.05) is 11.3 Å². The number of hydrogen-bond acceptors (Lipinski definition) is 4. The third-order valence-electron chi connectivity index (χ3n) is 3.53. The largest absolute Gasteiger partial charge is 0.497 e. The van der Waals surface area contributed by atoms with Crippen LogP contribution in [0.1, 0.15) is 5.56 Å². The van der Waals surface area contributed by atoms with Gasteiger partial charge in [-0.15, -0.1) is 0 Å². The molecular formula is C17H15F3N2O2. The molecule has 2 aromatic rings. The highest BCUT2D eigenvalue weighted by atomic mass is 19.4. The van der Waals surface area contributed by atoms with E-state index in [-0.39, 0.29) is 17.0 Å². The van der Waals surface area contributed by atoms with Crippen molar-refractivity contribution < 1.29 is 22.6 Å². The van der Waals surface area contributed by atoms with E-state index >= 15 is 0 Å². The SMILES string of the molecule is COc1ccc(NC(C#N)(c2ccccc2OC)C(F)(F)F)cc1. The van der Waals surface area contributed by atoms with E-state index in [2.05, 4.69) is 5.32 Å². The molecule has 0 saturated heterocycles. The van der Waals surface area contributed by atoms with Gasteiger partial charge in [0.05, 0.1) is 14.2 Å². The van der Waals surface area contributed by atoms with Gasteiger partial charge in [0.1, 0.15) is 17.6 Å². The first-order valence-electron chi connectivity index (χ1n) is 6.91. The van der Waals surface area contributed by atoms with Gasteiger partial charge in [0.2, 0.25) is 0 Å². The molecular weight excluding hydrogens is 321 g/mol. The molecule has 24 heavy (non-hydrogen) atoms. The molecule has 0 radical (unpaired) electrons. The zero-order valence-corrected chi connectivity index (χ0v) is 13.0. The maximum atomic E-state index is 13.8. The average molecular weight is 336 g/mol. The Morgan fingerprint density at radius 1 is 0.958 bits per heavy atom. The maximum absolute atomic E-state index is 13.8. The van der Waals surface area contributed by atoms with E-state index in [9.17, 15) is 18.4 Å². The minimum Gasteiger partial charge on any atom is -0.497 e. The summed E-state index contributed by atoms with van der Waals surface area (Å²) in [6, 6.07) is 12.8. The highest BCUT2D eigenvalue weighted by molar-refractivity contribution is 5.56. The highest BCUT2D eigenvalue weighted by Crippen LogP contribution is 2.44. The molecule has 0 saturated carbocycles. The summed E-state index contributed by atoms with van der Waals surface area (Å²) < 4.78 is 51.5. The van der Waals surface area contributed by atoms with Crippen LogP contribution >= 0.6 is 0 Å². The number of benzene rings is 2. The molecule has 0 aromatic heterocycles. The van der Waals surface area contributed by atoms with E-state index in [1.54, 1.807) is 0 Å². The van der Waals surface area contributed by atoms with Crippen LogP contribution in [0.3, 0.4) is 0 Å². The summed E-state index contributed by atoms with van der Waals surface area (Å²) in [7, 11) is 2.71. The topological polar surface area (TPSA) is 54.3 Å². The number of hydrogen-bond donors (Lipinski definition) is 1. The molecule has 2 aromatic carbocycles. The number of nitrogens with zero attached hydrogens (tertiary/aromatic N) is 1. The fraction of sp³-hybridized carbons (Fsp3) is 0.235. The zero-order valence-electron chi connectivity index (χ0n) is 13.0. The van der Waals surface area contributed by atoms with Crippen molar-refractivity contribution in [2.45, 2.75) is 11.7 Å². The van der Waals surface area contributed by atoms with Crippen molar-refractivity contribution in [3.63, 3.8) is 0 Å². The zero-order chi connectivity index (χ0) is 17.8. The van der Waals surface area contributed by atoms with E-state index in [1.807, 2.05) is 0 Å². The second kappa shape index (κ2) is 6.71. The number of nitriles is 1. The minimum atomic E-state index is -4.88. The normalized spacial score (nSPS) is 13.5. The summed E-state index contributed by atoms with van der Waals surface area (Å²) in [6.45, 7) is 0. The Hall–Kier alpha value is -2.88. The lowest BCUT2D eigenvalue weighted by atomic mass is 9.89. The maximum Gasteiger partial charge on any atom is 0.429 e. The van der Waals surface area contributed by atoms with Crippen molar-refractivity contribution in [1.82, 2.24) is 0 Å². The van der Waals surface area contributed by atoms with Crippen molar-refractivity contribution in [1.29, 1.82) is 5.26 Å². The quantitative estimate of drug-likeness (QED) is 0.893. The van der Waals surface area contributed by atoms with Gasteiger partial charge < -0.3 is 14.8 Å². The van der Waals surface area contributed by atoms with Crippen molar-refractivity contribution in [2.75, 3.05) is 19.5 Å². The average Bonchev–Trinajstić information content (AvgIpc) is 2.59. The van der Waals surface area contributed by atoms with E-state index in [1.165, 1.54) is 68.8 Å². The summed E-state index contributed by atoms with van der Waals surface area (Å²) in [5.74, 6) is 0.463. The Morgan fingerprint density at radius 2 is 1.58 bits per heavy atom. The van der Waals surface area contributed by atoms with Crippen LogP contribution in [0, 0.1) is 11.3 Å². The van der Waals surface area contributed by atoms with Crippen LogP contribution in [0.2, 0.25) is 0 Å². The van der Waals surface area contributed by atoms with E-state index in [0.717, 1.165) is 0 Å². The summed E-state index contributed by atoms with van der Waals surface area (Å²) >= 11 is 0. The summed E-state index contributed by atoms with van der Waals surface area (Å²) in [4.78, 5) is 0. The molecule has 126 valence electrons. The van der Waals surface area contributed by atoms with Gasteiger partial charge in [0.15, 0.2) is 0 Å². The molecule has 4 nitrogen and oxygen atoms in total. The molecule has 0 aliphatic carbocycles. The van der Waals surface area contributed by atoms with Crippen LogP contribution in [0.4, 0.5) is 18.9 Å². The molecule has 2 rings (SSSR count). The minimum absolute atomic E-state index is 0.0302. The molecule has 1 atom stereocenters. The summed E-state index contributed by atoms with van der Waals surface area (Å²) in [6.07, 6.45) is -4.88. The van der Waals surface area contributed by atoms with Gasteiger partial charge in [-0.3, -0.25) is 0 Å². The number of methoxy groups -OCH3 is 2. The molecule has 0 aliphatic heterocycles. The van der Waals surface area contributed by atoms with Gasteiger partial charge >= 0.3 is 6.18 Å². The number of nitrogens with one attached hydrogen (secondary N) is 1. The number of rotatable bonds is 5. The van der Waals surface area contributed by atoms with Crippen molar-refractivity contribution >= 4 is 5.69 Å². The molecule has 1 unspecified atom stereocenters. The van der Waals surface area contributed by atoms with E-state index < -0.39 is 11.7 Å². The number of para-hydroxylation sites is 1. The molecule has 0 fully saturated rings. The van der Waals surface area contributed by atoms with Gasteiger partial charge in [-0.2, -0.15) is 18.4 Å². The smallest absolute Gasteiger partial charge is 0.429 e. The monoisotopic (exact) mass is 336 g/mol. The lowest BCUT2D eigenvalue weighted by Gasteiger charge is -2.32. The van der Waals surface area contributed by atoms with Crippen LogP contribution in [-0.2, 0) is 5.54 Å². The predicted molar refractivity (Wildman–Crippen MR) is 83.0 cm³/mol. The van der Waals surface area contributed by atoms with Crippen molar-refractivity contribution in [2.24, 2.45) is 0 Å². The van der Waals surface area contributed by atoms with E-state index in [4.69, 9.17) is 9.47 Å². The molecule has 0 spiro atoms. The number of anilines is 1. The Kier molecular flexibility index (Phi) is 4.88. The number of halogens is 3. The van der Waals surface area contributed by atoms with Crippen molar-refractivity contribution in [3.8, 4) is 17.6 Å². The van der Waals surface area contributed by atoms with Gasteiger partial charge in [-0.25, -0.2) is 0 Å². The highest BCUT2D eigenvalue weighted by Gasteiger charge is 2.58. The number of alkyl halides is 3. The molecule has 0 heterocycles. The van der Waals surface area contributed by atoms with Crippen LogP contribution in [0.25, 0.3) is 0 Å². The van der Waals surface area contributed by atoms with E-state index in [0.29, 0.717) is 5.75 Å². The molecule has 0 aliphatic rings. The second-order valence-electron chi connectivity index (χ2n) is 4.91. The van der Waals surface area contributed by atoms with Gasteiger partial charge in [-0.05, 0) is 30.3 Å². The number of ether oxygens (including phenoxy) is 2. The molecule has 7 heteroatoms. The third-order valence-corrected chi connectivity index (χ3v) is 3.53. The van der Waals surface area contributed by atoms with Crippen LogP contribution in [0.15, 0.2) is 48.5 Å². The first kappa shape index (κ1) is 17.5. The third kappa shape index (κ3) is 3.08. The predicted octanol–water partition coefficient (Wildman–Crippen LogP) is 4.10. The molecule has 0 bridgehead atoms. The van der Waals surface area contributed by atoms with Crippen LogP contribution in [-0.4, -0.2) is 20.4 Å². The van der Waals surface area contributed by atoms with Crippen LogP contribution in [0.5, 0.6) is 11.5 Å². The summed E-state index contributed by atoms with van der Waals surface area (Å²) in [5.41, 5.74) is -3.13. The van der Waals surface area contributed by atoms with Gasteiger partial charge in [0.25, 0.3) is 5.54 Å². The first-order chi connectivity index (χ1) is 11.4. The molecule has 1 N–H and O–H groups in total. The van der Waals surface area contributed by atoms with Crippen molar-refractivity contribution in [3.05, 3.63) is 54.1 Å². The second-order valence-corrected chi connectivity index (χ2v) is 4.91. The Balaban J connectivity index is 2.57. The fourth-order valence-corrected chi connectivity index (χ4v) is 2.29. The lowest BCUT2D eigenvalue weighted by molar-refractivity contribution is -0.166. The standard InChI is InChI=1S/C17H15F3N2O2/c1-23-13-9-7-12(8-10-13)22-16(11-21,17(18,19)20)14-5-3-4-6-15(14)24-2/h3-10,22H,1-2H3.